The standard InChI is InChI=1S/C11H18N2O6/c1-4(14)2-5-8(15)10(17)9(16)7-6(3-12)19-11(18)13(5)7/h5-10,15-17H,2-3,12H2,1H3/t5-,6+,7-,8+,9-,10-/m1/s1. The summed E-state index contributed by atoms with van der Waals surface area (Å²) in [5.74, 6) is -0.240. The van der Waals surface area contributed by atoms with E-state index in [9.17, 15) is 24.9 Å². The van der Waals surface area contributed by atoms with E-state index >= 15 is 0 Å². The number of nitrogens with two attached hydrogens (primary N) is 1. The lowest BCUT2D eigenvalue weighted by Crippen LogP contribution is -2.67. The topological polar surface area (TPSA) is 133 Å². The van der Waals surface area contributed by atoms with Crippen LogP contribution in [0.2, 0.25) is 0 Å². The highest BCUT2D eigenvalue weighted by Crippen LogP contribution is 2.34. The van der Waals surface area contributed by atoms with E-state index in [0.717, 1.165) is 4.90 Å². The molecule has 2 aliphatic rings. The zero-order chi connectivity index (χ0) is 14.3. The third-order valence-electron chi connectivity index (χ3n) is 3.70. The van der Waals surface area contributed by atoms with Crippen molar-refractivity contribution in [2.24, 2.45) is 5.73 Å². The Morgan fingerprint density at radius 1 is 1.32 bits per heavy atom. The molecular formula is C11H18N2O6. The Hall–Kier alpha value is -1.22. The molecule has 0 radical (unpaired) electrons. The van der Waals surface area contributed by atoms with Crippen LogP contribution in [-0.4, -0.2) is 75.1 Å². The molecule has 0 aliphatic carbocycles. The zero-order valence-corrected chi connectivity index (χ0v) is 10.5. The number of piperidine rings is 1. The number of carbonyl (C=O) groups excluding carboxylic acids is 2. The second-order valence-electron chi connectivity index (χ2n) is 5.00. The highest BCUT2D eigenvalue weighted by Gasteiger charge is 2.57. The number of hydrogen-bond donors (Lipinski definition) is 4. The van der Waals surface area contributed by atoms with Crippen LogP contribution in [0.15, 0.2) is 0 Å². The first-order chi connectivity index (χ1) is 8.88. The summed E-state index contributed by atoms with van der Waals surface area (Å²) in [6.07, 6.45) is -5.84. The highest BCUT2D eigenvalue weighted by atomic mass is 16.6. The molecule has 0 spiro atoms. The number of aliphatic hydroxyl groups excluding tert-OH is 3. The number of ether oxygens (including phenoxy) is 1. The lowest BCUT2D eigenvalue weighted by molar-refractivity contribution is -0.152. The van der Waals surface area contributed by atoms with Crippen LogP contribution in [0.4, 0.5) is 4.79 Å². The Balaban J connectivity index is 2.33. The number of nitrogens with zero attached hydrogens (tertiary/aromatic N) is 1. The molecule has 0 saturated carbocycles. The van der Waals surface area contributed by atoms with Crippen LogP contribution in [-0.2, 0) is 9.53 Å². The van der Waals surface area contributed by atoms with Crippen LogP contribution in [0, 0.1) is 0 Å². The number of amides is 1. The van der Waals surface area contributed by atoms with Crippen molar-refractivity contribution < 1.29 is 29.6 Å². The van der Waals surface area contributed by atoms with Gasteiger partial charge >= 0.3 is 6.09 Å². The molecule has 1 amide bonds. The predicted molar refractivity (Wildman–Crippen MR) is 62.1 cm³/mol. The molecule has 2 fully saturated rings. The van der Waals surface area contributed by atoms with Gasteiger partial charge in [0.05, 0.1) is 6.04 Å². The first-order valence-corrected chi connectivity index (χ1v) is 6.11. The van der Waals surface area contributed by atoms with E-state index in [2.05, 4.69) is 0 Å². The van der Waals surface area contributed by atoms with E-state index in [1.165, 1.54) is 6.92 Å². The Bertz CT molecular complexity index is 389. The maximum Gasteiger partial charge on any atom is 0.410 e. The van der Waals surface area contributed by atoms with E-state index in [0.29, 0.717) is 0 Å². The molecule has 0 bridgehead atoms. The largest absolute Gasteiger partial charge is 0.442 e. The molecule has 6 atom stereocenters. The van der Waals surface area contributed by atoms with Gasteiger partial charge in [0.1, 0.15) is 36.2 Å². The van der Waals surface area contributed by atoms with Crippen molar-refractivity contribution in [1.29, 1.82) is 0 Å². The van der Waals surface area contributed by atoms with Crippen molar-refractivity contribution in [2.45, 2.75) is 49.8 Å². The molecule has 5 N–H and O–H groups in total. The minimum absolute atomic E-state index is 0.0143. The maximum atomic E-state index is 11.8. The van der Waals surface area contributed by atoms with Crippen LogP contribution in [0.25, 0.3) is 0 Å². The third-order valence-corrected chi connectivity index (χ3v) is 3.70. The van der Waals surface area contributed by atoms with Crippen molar-refractivity contribution in [2.75, 3.05) is 6.54 Å². The Labute approximate surface area is 109 Å². The highest BCUT2D eigenvalue weighted by molar-refractivity contribution is 5.78. The fraction of sp³-hybridized carbons (Fsp3) is 0.818. The van der Waals surface area contributed by atoms with Gasteiger partial charge < -0.3 is 25.8 Å². The van der Waals surface area contributed by atoms with Gasteiger partial charge in [0.25, 0.3) is 0 Å². The first-order valence-electron chi connectivity index (χ1n) is 6.11. The molecule has 0 aromatic heterocycles. The molecule has 2 rings (SSSR count). The molecule has 2 aliphatic heterocycles. The van der Waals surface area contributed by atoms with Crippen molar-refractivity contribution in [3.8, 4) is 0 Å². The van der Waals surface area contributed by atoms with Crippen LogP contribution in [0.1, 0.15) is 13.3 Å². The fourth-order valence-electron chi connectivity index (χ4n) is 2.80. The lowest BCUT2D eigenvalue weighted by atomic mass is 9.84. The summed E-state index contributed by atoms with van der Waals surface area (Å²) in [7, 11) is 0. The van der Waals surface area contributed by atoms with E-state index in [1.807, 2.05) is 0 Å². The van der Waals surface area contributed by atoms with Crippen LogP contribution >= 0.6 is 0 Å². The summed E-state index contributed by atoms with van der Waals surface area (Å²) < 4.78 is 5.00. The maximum absolute atomic E-state index is 11.8. The van der Waals surface area contributed by atoms with Gasteiger partial charge in [-0.15, -0.1) is 0 Å². The first kappa shape index (κ1) is 14.2. The Kier molecular flexibility index (Phi) is 3.77. The Morgan fingerprint density at radius 3 is 2.47 bits per heavy atom. The number of ketones is 1. The lowest BCUT2D eigenvalue weighted by Gasteiger charge is -2.44. The monoisotopic (exact) mass is 274 g/mol. The minimum Gasteiger partial charge on any atom is -0.442 e. The van der Waals surface area contributed by atoms with Crippen molar-refractivity contribution in [3.63, 3.8) is 0 Å². The number of aliphatic hydroxyl groups is 3. The smallest absolute Gasteiger partial charge is 0.410 e. The second-order valence-corrected chi connectivity index (χ2v) is 5.00. The molecule has 108 valence electrons. The molecule has 19 heavy (non-hydrogen) atoms. The number of cyclic esters (lactones) is 1. The number of carbonyl (C=O) groups is 2. The summed E-state index contributed by atoms with van der Waals surface area (Å²) >= 11 is 0. The van der Waals surface area contributed by atoms with Crippen LogP contribution in [0.5, 0.6) is 0 Å². The number of Topliss-reactive ketones (excluding diaryl/α,β-unsaturated/α-hetero) is 1. The van der Waals surface area contributed by atoms with E-state index in [4.69, 9.17) is 10.5 Å². The van der Waals surface area contributed by atoms with Crippen molar-refractivity contribution in [1.82, 2.24) is 4.90 Å². The fourth-order valence-corrected chi connectivity index (χ4v) is 2.80. The molecule has 2 heterocycles. The van der Waals surface area contributed by atoms with Gasteiger partial charge in [0.15, 0.2) is 0 Å². The average molecular weight is 274 g/mol. The van der Waals surface area contributed by atoms with Gasteiger partial charge in [-0.05, 0) is 6.92 Å². The summed E-state index contributed by atoms with van der Waals surface area (Å²) in [6.45, 7) is 1.31. The van der Waals surface area contributed by atoms with Gasteiger partial charge in [-0.3, -0.25) is 9.69 Å². The van der Waals surface area contributed by atoms with Gasteiger partial charge in [0.2, 0.25) is 0 Å². The van der Waals surface area contributed by atoms with Crippen molar-refractivity contribution >= 4 is 11.9 Å². The summed E-state index contributed by atoms with van der Waals surface area (Å²) in [6, 6.07) is -1.76. The van der Waals surface area contributed by atoms with Gasteiger partial charge in [0, 0.05) is 13.0 Å². The van der Waals surface area contributed by atoms with Crippen LogP contribution in [0.3, 0.4) is 0 Å². The number of rotatable bonds is 3. The summed E-state index contributed by atoms with van der Waals surface area (Å²) in [5.41, 5.74) is 5.47. The molecule has 2 saturated heterocycles. The van der Waals surface area contributed by atoms with Crippen LogP contribution < -0.4 is 5.73 Å². The molecule has 0 aromatic carbocycles. The van der Waals surface area contributed by atoms with Gasteiger partial charge in [-0.2, -0.15) is 0 Å². The van der Waals surface area contributed by atoms with E-state index in [1.54, 1.807) is 0 Å². The average Bonchev–Trinajstić information content (AvgIpc) is 2.68. The SMILES string of the molecule is CC(=O)C[C@@H]1[C@H](O)[C@@H](O)[C@H](O)[C@H]2[C@H](CN)OC(=O)N21. The Morgan fingerprint density at radius 2 is 1.95 bits per heavy atom. The third kappa shape index (κ3) is 2.20. The second kappa shape index (κ2) is 5.04. The quantitative estimate of drug-likeness (QED) is 0.450. The van der Waals surface area contributed by atoms with Crippen molar-refractivity contribution in [3.05, 3.63) is 0 Å². The zero-order valence-electron chi connectivity index (χ0n) is 10.5. The number of hydrogen-bond acceptors (Lipinski definition) is 7. The normalized spacial score (nSPS) is 41.9. The molecule has 8 heteroatoms. The molecule has 0 unspecified atom stereocenters. The molecule has 8 nitrogen and oxygen atoms in total. The molecule has 0 aromatic rings. The minimum atomic E-state index is -1.45. The predicted octanol–water partition coefficient (Wildman–Crippen LogP) is -2.42. The number of fused-ring (bicyclic) bond motifs is 1. The molecular weight excluding hydrogens is 256 g/mol. The van der Waals surface area contributed by atoms with Gasteiger partial charge in [-0.25, -0.2) is 4.79 Å². The van der Waals surface area contributed by atoms with Gasteiger partial charge in [-0.1, -0.05) is 0 Å². The summed E-state index contributed by atoms with van der Waals surface area (Å²) in [5, 5.41) is 29.7. The van der Waals surface area contributed by atoms with E-state index < -0.39 is 42.6 Å². The summed E-state index contributed by atoms with van der Waals surface area (Å²) in [4.78, 5) is 24.2. The van der Waals surface area contributed by atoms with E-state index in [-0.39, 0.29) is 18.7 Å².